The van der Waals surface area contributed by atoms with Gasteiger partial charge in [0.2, 0.25) is 0 Å². The monoisotopic (exact) mass is 238 g/mol. The van der Waals surface area contributed by atoms with Gasteiger partial charge in [0.15, 0.2) is 2.86 Å². The molecule has 0 unspecified atom stereocenters. The Hall–Kier alpha value is -0.393. The standard InChI is InChI=1S/C10H22O4Si/c1-5-10(2,3)9(11)14-7-6-8-15(4,12)13/h12-13H,5-8H2,1-4H3/i12T,13T. The smallest absolute Gasteiger partial charge is 0.329 e. The van der Waals surface area contributed by atoms with E-state index < -0.39 is 14.0 Å². The Bertz CT molecular complexity index is 244. The number of hydrogen-bond donors (Lipinski definition) is 2. The summed E-state index contributed by atoms with van der Waals surface area (Å²) in [6, 6.07) is 0.458. The molecule has 0 atom stereocenters. The van der Waals surface area contributed by atoms with Crippen LogP contribution >= 0.6 is 0 Å². The van der Waals surface area contributed by atoms with Crippen LogP contribution in [0.25, 0.3) is 0 Å². The van der Waals surface area contributed by atoms with Crippen LogP contribution in [0.5, 0.6) is 0 Å². The molecule has 0 saturated heterocycles. The number of esters is 1. The number of hydrogen-bond acceptors (Lipinski definition) is 4. The first-order chi connectivity index (χ1) is 7.81. The van der Waals surface area contributed by atoms with Crippen LogP contribution in [0.1, 0.15) is 33.6 Å². The van der Waals surface area contributed by atoms with E-state index in [9.17, 15) is 4.79 Å². The van der Waals surface area contributed by atoms with Crippen LogP contribution in [0.2, 0.25) is 12.6 Å². The van der Waals surface area contributed by atoms with Gasteiger partial charge >= 0.3 is 14.5 Å². The van der Waals surface area contributed by atoms with Crippen molar-refractivity contribution in [3.05, 3.63) is 0 Å². The summed E-state index contributed by atoms with van der Waals surface area (Å²) >= 11 is 0. The maximum atomic E-state index is 11.6. The predicted molar refractivity (Wildman–Crippen MR) is 60.5 cm³/mol. The van der Waals surface area contributed by atoms with Crippen LogP contribution in [-0.4, -0.2) is 33.6 Å². The second-order valence-corrected chi connectivity index (χ2v) is 7.38. The summed E-state index contributed by atoms with van der Waals surface area (Å²) in [6.07, 6.45) is 1.27. The van der Waals surface area contributed by atoms with Gasteiger partial charge in [0, 0.05) is 0 Å². The van der Waals surface area contributed by atoms with Gasteiger partial charge in [0.25, 0.3) is 0 Å². The van der Waals surface area contributed by atoms with Gasteiger partial charge in [-0.2, -0.15) is 0 Å². The molecule has 0 aromatic carbocycles. The largest absolute Gasteiger partial charge is 0.465 e. The number of carbonyl (C=O) groups excluding carboxylic acids is 1. The summed E-state index contributed by atoms with van der Waals surface area (Å²) in [7, 11) is -2.68. The van der Waals surface area contributed by atoms with E-state index in [-0.39, 0.29) is 12.6 Å². The van der Waals surface area contributed by atoms with Crippen molar-refractivity contribution in [2.75, 3.05) is 6.61 Å². The minimum absolute atomic E-state index is 0.220. The second-order valence-electron chi connectivity index (χ2n) is 4.61. The molecule has 5 heteroatoms. The molecule has 0 spiro atoms. The molecule has 0 aliphatic carbocycles. The van der Waals surface area contributed by atoms with E-state index in [0.29, 0.717) is 12.5 Å². The Balaban J connectivity index is 3.90. The average molecular weight is 238 g/mol. The van der Waals surface area contributed by atoms with Crippen LogP contribution in [0.15, 0.2) is 0 Å². The normalized spacial score (nSPS) is 14.4. The molecule has 0 radical (unpaired) electrons. The molecule has 0 rings (SSSR count). The van der Waals surface area contributed by atoms with E-state index in [4.69, 9.17) is 7.60 Å². The van der Waals surface area contributed by atoms with E-state index in [1.54, 1.807) is 6.55 Å². The second kappa shape index (κ2) is 5.63. The summed E-state index contributed by atoms with van der Waals surface area (Å²) in [4.78, 5) is 20.5. The highest BCUT2D eigenvalue weighted by Gasteiger charge is 2.27. The molecule has 2 N–H and O–H groups in total. The molecule has 0 aromatic rings. The number of carbonyl (C=O) groups is 1. The fourth-order valence-electron chi connectivity index (χ4n) is 0.898. The highest BCUT2D eigenvalue weighted by atomic mass is 28.4. The Labute approximate surface area is 95.5 Å². The van der Waals surface area contributed by atoms with Crippen LogP contribution in [0, 0.1) is 5.41 Å². The van der Waals surface area contributed by atoms with Gasteiger partial charge in [-0.05, 0) is 39.3 Å². The first-order valence-electron chi connectivity index (χ1n) is 6.09. The Morgan fingerprint density at radius 1 is 1.53 bits per heavy atom. The lowest BCUT2D eigenvalue weighted by Crippen LogP contribution is -2.30. The predicted octanol–water partition coefficient (Wildman–Crippen LogP) is 1.41. The SMILES string of the molecule is [3H]O[Si](C)(CCCOC(=O)C(C)(C)CC)O[3H]. The fraction of sp³-hybridized carbons (Fsp3) is 0.900. The molecular formula is C10H22O4Si. The summed E-state index contributed by atoms with van der Waals surface area (Å²) in [5.41, 5.74) is -0.460. The van der Waals surface area contributed by atoms with Gasteiger partial charge in [0.1, 0.15) is 0 Å². The van der Waals surface area contributed by atoms with Crippen molar-refractivity contribution in [2.45, 2.75) is 46.2 Å². The van der Waals surface area contributed by atoms with E-state index >= 15 is 0 Å². The molecule has 15 heavy (non-hydrogen) atoms. The van der Waals surface area contributed by atoms with E-state index in [2.05, 4.69) is 9.60 Å². The van der Waals surface area contributed by atoms with Gasteiger partial charge < -0.3 is 14.3 Å². The quantitative estimate of drug-likeness (QED) is 0.381. The molecule has 0 aliphatic rings. The minimum atomic E-state index is -2.68. The zero-order chi connectivity index (χ0) is 13.5. The van der Waals surface area contributed by atoms with Crippen molar-refractivity contribution in [2.24, 2.45) is 5.41 Å². The third-order valence-electron chi connectivity index (χ3n) is 2.44. The third kappa shape index (κ3) is 6.65. The van der Waals surface area contributed by atoms with Crippen LogP contribution in [0.3, 0.4) is 0 Å². The van der Waals surface area contributed by atoms with Crippen molar-refractivity contribution in [1.82, 2.24) is 0 Å². The van der Waals surface area contributed by atoms with Crippen molar-refractivity contribution < 1.29 is 19.1 Å². The van der Waals surface area contributed by atoms with Crippen LogP contribution in [0.4, 0.5) is 0 Å². The molecule has 0 aromatic heterocycles. The lowest BCUT2D eigenvalue weighted by atomic mass is 9.91. The lowest BCUT2D eigenvalue weighted by Gasteiger charge is -2.20. The first-order valence-corrected chi connectivity index (χ1v) is 7.79. The summed E-state index contributed by atoms with van der Waals surface area (Å²) < 4.78 is 18.8. The summed E-state index contributed by atoms with van der Waals surface area (Å²) in [5, 5.41) is 0. The lowest BCUT2D eigenvalue weighted by molar-refractivity contribution is -0.154. The molecule has 4 nitrogen and oxygen atoms in total. The Morgan fingerprint density at radius 2 is 2.13 bits per heavy atom. The Morgan fingerprint density at radius 3 is 2.60 bits per heavy atom. The molecular weight excluding hydrogens is 212 g/mol. The Kier molecular flexibility index (Phi) is 4.16. The van der Waals surface area contributed by atoms with Crippen molar-refractivity contribution in [1.29, 1.82) is 2.86 Å². The van der Waals surface area contributed by atoms with Gasteiger partial charge in [-0.1, -0.05) is 6.92 Å². The van der Waals surface area contributed by atoms with Crippen molar-refractivity contribution in [3.63, 3.8) is 0 Å². The van der Waals surface area contributed by atoms with Gasteiger partial charge in [-0.25, -0.2) is 0 Å². The van der Waals surface area contributed by atoms with Crippen molar-refractivity contribution >= 4 is 14.5 Å². The summed E-state index contributed by atoms with van der Waals surface area (Å²) in [5.74, 6) is -0.220. The van der Waals surface area contributed by atoms with Gasteiger partial charge in [-0.15, -0.1) is 0 Å². The van der Waals surface area contributed by atoms with Crippen molar-refractivity contribution in [3.8, 4) is 0 Å². The third-order valence-corrected chi connectivity index (χ3v) is 3.71. The number of ether oxygens (including phenoxy) is 1. The molecule has 0 amide bonds. The highest BCUT2D eigenvalue weighted by Crippen LogP contribution is 2.21. The molecule has 0 saturated carbocycles. The van der Waals surface area contributed by atoms with E-state index in [1.165, 1.54) is 0 Å². The maximum Gasteiger partial charge on any atom is 0.329 e. The first kappa shape index (κ1) is 11.1. The highest BCUT2D eigenvalue weighted by molar-refractivity contribution is 6.63. The maximum absolute atomic E-state index is 11.6. The molecule has 0 fully saturated rings. The topological polar surface area (TPSA) is 66.8 Å². The minimum Gasteiger partial charge on any atom is -0.465 e. The van der Waals surface area contributed by atoms with Crippen LogP contribution in [-0.2, 0) is 9.53 Å². The van der Waals surface area contributed by atoms with Gasteiger partial charge in [-0.3, -0.25) is 4.79 Å². The molecule has 0 heterocycles. The van der Waals surface area contributed by atoms with Gasteiger partial charge in [0.05, 0.1) is 12.0 Å². The average Bonchev–Trinajstić information content (AvgIpc) is 2.33. The van der Waals surface area contributed by atoms with E-state index in [1.807, 2.05) is 20.8 Å². The van der Waals surface area contributed by atoms with Crippen LogP contribution < -0.4 is 0 Å². The molecule has 90 valence electrons. The zero-order valence-corrected chi connectivity index (χ0v) is 11.0. The molecule has 0 bridgehead atoms. The van der Waals surface area contributed by atoms with E-state index in [0.717, 1.165) is 6.42 Å². The summed E-state index contributed by atoms with van der Waals surface area (Å²) in [6.45, 7) is 7.53. The molecule has 0 aliphatic heterocycles. The fourth-order valence-corrected chi connectivity index (χ4v) is 1.68. The zero-order valence-electron chi connectivity index (χ0n) is 12.0. The number of rotatable bonds is 8.